The molecule has 0 spiro atoms. The van der Waals surface area contributed by atoms with Gasteiger partial charge in [0.25, 0.3) is 11.9 Å². The number of para-hydroxylation sites is 1. The maximum atomic E-state index is 12.9. The van der Waals surface area contributed by atoms with Crippen molar-refractivity contribution in [2.45, 2.75) is 12.2 Å². The number of ether oxygens (including phenoxy) is 1. The van der Waals surface area contributed by atoms with Gasteiger partial charge in [-0.3, -0.25) is 10.2 Å². The second-order valence-corrected chi connectivity index (χ2v) is 7.32. The highest BCUT2D eigenvalue weighted by Gasteiger charge is 2.26. The smallest absolute Gasteiger partial charge is 0.291 e. The summed E-state index contributed by atoms with van der Waals surface area (Å²) in [4.78, 5) is 21.7. The van der Waals surface area contributed by atoms with Crippen LogP contribution in [0.5, 0.6) is 0 Å². The Morgan fingerprint density at radius 1 is 1.06 bits per heavy atom. The summed E-state index contributed by atoms with van der Waals surface area (Å²) in [6, 6.07) is 25.5. The van der Waals surface area contributed by atoms with Crippen LogP contribution < -0.4 is 16.4 Å². The minimum atomic E-state index is -1.18. The molecule has 0 fully saturated rings. The van der Waals surface area contributed by atoms with E-state index in [2.05, 4.69) is 20.6 Å². The summed E-state index contributed by atoms with van der Waals surface area (Å²) in [6.45, 7) is 0. The lowest BCUT2D eigenvalue weighted by Gasteiger charge is -2.17. The molecule has 0 bridgehead atoms. The van der Waals surface area contributed by atoms with Crippen molar-refractivity contribution in [1.82, 2.24) is 5.32 Å². The molecule has 3 aromatic carbocycles. The van der Waals surface area contributed by atoms with Crippen LogP contribution in [0.3, 0.4) is 0 Å². The monoisotopic (exact) mass is 440 g/mol. The normalized spacial score (nSPS) is 16.6. The zero-order valence-electron chi connectivity index (χ0n) is 18.0. The third-order valence-electron chi connectivity index (χ3n) is 5.12. The minimum absolute atomic E-state index is 0.144. The van der Waals surface area contributed by atoms with Crippen molar-refractivity contribution in [2.75, 3.05) is 12.4 Å². The van der Waals surface area contributed by atoms with Gasteiger partial charge in [-0.2, -0.15) is 4.99 Å². The SMILES string of the molecule is CNC(C(=N)O/C(N)=N/C1N=C(c2ccccc2)c2ccccc2NC1=O)c1ccccc1. The van der Waals surface area contributed by atoms with Gasteiger partial charge in [-0.15, -0.1) is 0 Å². The maximum absolute atomic E-state index is 12.9. The zero-order valence-corrected chi connectivity index (χ0v) is 18.0. The number of benzene rings is 3. The van der Waals surface area contributed by atoms with E-state index in [0.717, 1.165) is 16.7 Å². The first-order valence-corrected chi connectivity index (χ1v) is 10.4. The van der Waals surface area contributed by atoms with Crippen LogP contribution in [-0.2, 0) is 9.53 Å². The standard InChI is InChI=1S/C25H24N6O2/c1-28-21(17-12-6-3-7-13-17)22(26)33-25(27)31-23-24(32)29-19-15-9-8-14-18(19)20(30-23)16-10-4-2-5-11-16/h2-15,21,23,26,28H,1H3,(H2,27,31)(H,29,32). The van der Waals surface area contributed by atoms with Gasteiger partial charge in [0.15, 0.2) is 0 Å². The Bertz CT molecular complexity index is 1210. The second-order valence-electron chi connectivity index (χ2n) is 7.32. The maximum Gasteiger partial charge on any atom is 0.291 e. The molecule has 1 aliphatic rings. The molecular weight excluding hydrogens is 416 g/mol. The Morgan fingerprint density at radius 2 is 1.70 bits per heavy atom. The van der Waals surface area contributed by atoms with Crippen LogP contribution in [0.15, 0.2) is 94.9 Å². The van der Waals surface area contributed by atoms with Crippen LogP contribution >= 0.6 is 0 Å². The molecule has 33 heavy (non-hydrogen) atoms. The predicted molar refractivity (Wildman–Crippen MR) is 130 cm³/mol. The first kappa shape index (κ1) is 21.9. The molecule has 1 amide bonds. The number of hydrogen-bond donors (Lipinski definition) is 4. The number of nitrogens with zero attached hydrogens (tertiary/aromatic N) is 2. The summed E-state index contributed by atoms with van der Waals surface area (Å²) < 4.78 is 5.47. The number of amidine groups is 1. The second kappa shape index (κ2) is 9.88. The molecule has 166 valence electrons. The molecule has 3 aromatic rings. The van der Waals surface area contributed by atoms with E-state index in [1.54, 1.807) is 7.05 Å². The van der Waals surface area contributed by atoms with Gasteiger partial charge in [0.2, 0.25) is 12.1 Å². The number of hydrogen-bond acceptors (Lipinski definition) is 6. The van der Waals surface area contributed by atoms with Crippen molar-refractivity contribution in [1.29, 1.82) is 5.41 Å². The average Bonchev–Trinajstić information content (AvgIpc) is 2.97. The van der Waals surface area contributed by atoms with Crippen molar-refractivity contribution >= 4 is 29.2 Å². The number of benzodiazepines with no additional fused rings is 1. The Labute approximate surface area is 191 Å². The van der Waals surface area contributed by atoms with E-state index in [1.165, 1.54) is 0 Å². The molecule has 8 heteroatoms. The third-order valence-corrected chi connectivity index (χ3v) is 5.12. The summed E-state index contributed by atoms with van der Waals surface area (Å²) in [7, 11) is 1.72. The molecule has 0 aliphatic carbocycles. The van der Waals surface area contributed by atoms with Crippen LogP contribution in [0.25, 0.3) is 0 Å². The molecule has 0 aromatic heterocycles. The summed E-state index contributed by atoms with van der Waals surface area (Å²) in [6.07, 6.45) is -1.18. The van der Waals surface area contributed by atoms with Crippen molar-refractivity contribution < 1.29 is 9.53 Å². The van der Waals surface area contributed by atoms with E-state index >= 15 is 0 Å². The number of fused-ring (bicyclic) bond motifs is 1. The number of amides is 1. The number of nitrogens with one attached hydrogen (secondary N) is 3. The van der Waals surface area contributed by atoms with Gasteiger partial charge in [-0.25, -0.2) is 4.99 Å². The quantitative estimate of drug-likeness (QED) is 0.359. The molecule has 0 saturated heterocycles. The Balaban J connectivity index is 1.63. The molecular formula is C25H24N6O2. The van der Waals surface area contributed by atoms with Crippen LogP contribution in [0, 0.1) is 5.41 Å². The Morgan fingerprint density at radius 3 is 2.39 bits per heavy atom. The van der Waals surface area contributed by atoms with Crippen LogP contribution in [0.2, 0.25) is 0 Å². The van der Waals surface area contributed by atoms with Gasteiger partial charge in [0, 0.05) is 11.1 Å². The Kier molecular flexibility index (Phi) is 6.56. The van der Waals surface area contributed by atoms with Crippen molar-refractivity contribution in [3.8, 4) is 0 Å². The van der Waals surface area contributed by atoms with Gasteiger partial charge in [-0.05, 0) is 18.7 Å². The third kappa shape index (κ3) is 4.97. The van der Waals surface area contributed by atoms with E-state index in [0.29, 0.717) is 11.4 Å². The summed E-state index contributed by atoms with van der Waals surface area (Å²) in [5.41, 5.74) is 9.69. The molecule has 1 aliphatic heterocycles. The number of carbonyl (C=O) groups excluding carboxylic acids is 1. The van der Waals surface area contributed by atoms with Gasteiger partial charge in [0.05, 0.1) is 11.4 Å². The Hall–Kier alpha value is -4.30. The fourth-order valence-electron chi connectivity index (χ4n) is 3.57. The predicted octanol–water partition coefficient (Wildman–Crippen LogP) is 3.07. The summed E-state index contributed by atoms with van der Waals surface area (Å²) in [5, 5.41) is 14.2. The van der Waals surface area contributed by atoms with E-state index in [9.17, 15) is 4.79 Å². The largest absolute Gasteiger partial charge is 0.410 e. The number of carbonyl (C=O) groups is 1. The lowest BCUT2D eigenvalue weighted by Crippen LogP contribution is -2.33. The number of aliphatic imine (C=N–C) groups is 2. The van der Waals surface area contributed by atoms with E-state index in [4.69, 9.17) is 15.9 Å². The van der Waals surface area contributed by atoms with E-state index in [-0.39, 0.29) is 11.9 Å². The highest BCUT2D eigenvalue weighted by molar-refractivity contribution is 6.19. The minimum Gasteiger partial charge on any atom is -0.410 e. The highest BCUT2D eigenvalue weighted by atomic mass is 16.5. The topological polar surface area (TPSA) is 125 Å². The molecule has 1 heterocycles. The fourth-order valence-corrected chi connectivity index (χ4v) is 3.57. The lowest BCUT2D eigenvalue weighted by molar-refractivity contribution is -0.117. The molecule has 0 saturated carbocycles. The molecule has 8 nitrogen and oxygen atoms in total. The average molecular weight is 441 g/mol. The van der Waals surface area contributed by atoms with Gasteiger partial charge >= 0.3 is 0 Å². The number of likely N-dealkylation sites (N-methyl/N-ethyl adjacent to an activating group) is 1. The summed E-state index contributed by atoms with van der Waals surface area (Å²) in [5.74, 6) is -0.589. The number of rotatable bonds is 5. The molecule has 0 radical (unpaired) electrons. The van der Waals surface area contributed by atoms with E-state index in [1.807, 2.05) is 84.9 Å². The summed E-state index contributed by atoms with van der Waals surface area (Å²) >= 11 is 0. The first-order valence-electron chi connectivity index (χ1n) is 10.4. The van der Waals surface area contributed by atoms with Crippen LogP contribution in [0.1, 0.15) is 22.7 Å². The molecule has 4 rings (SSSR count). The van der Waals surface area contributed by atoms with Crippen molar-refractivity contribution in [3.05, 3.63) is 102 Å². The molecule has 5 N–H and O–H groups in total. The molecule has 2 unspecified atom stereocenters. The van der Waals surface area contributed by atoms with Gasteiger partial charge < -0.3 is 21.1 Å². The van der Waals surface area contributed by atoms with E-state index < -0.39 is 18.1 Å². The van der Waals surface area contributed by atoms with Crippen LogP contribution in [-0.4, -0.2) is 36.8 Å². The number of nitrogens with two attached hydrogens (primary N) is 1. The lowest BCUT2D eigenvalue weighted by atomic mass is 10.0. The highest BCUT2D eigenvalue weighted by Crippen LogP contribution is 2.24. The fraction of sp³-hybridized carbons (Fsp3) is 0.120. The zero-order chi connectivity index (χ0) is 23.2. The first-order chi connectivity index (χ1) is 16.1. The van der Waals surface area contributed by atoms with Gasteiger partial charge in [0.1, 0.15) is 6.04 Å². The molecule has 2 atom stereocenters. The van der Waals surface area contributed by atoms with Crippen LogP contribution in [0.4, 0.5) is 5.69 Å². The van der Waals surface area contributed by atoms with Crippen molar-refractivity contribution in [3.63, 3.8) is 0 Å². The van der Waals surface area contributed by atoms with Crippen molar-refractivity contribution in [2.24, 2.45) is 15.7 Å². The van der Waals surface area contributed by atoms with Gasteiger partial charge in [-0.1, -0.05) is 78.9 Å². The number of anilines is 1.